The maximum Gasteiger partial charge on any atom is 0.261 e. The Morgan fingerprint density at radius 2 is 1.90 bits per heavy atom. The van der Waals surface area contributed by atoms with Gasteiger partial charge in [-0.2, -0.15) is 0 Å². The molecule has 1 atom stereocenters. The van der Waals surface area contributed by atoms with Gasteiger partial charge in [-0.3, -0.25) is 19.3 Å². The van der Waals surface area contributed by atoms with Crippen molar-refractivity contribution in [2.75, 3.05) is 13.2 Å². The molecule has 1 N–H and O–H groups in total. The zero-order valence-corrected chi connectivity index (χ0v) is 17.1. The Labute approximate surface area is 175 Å². The number of amides is 3. The monoisotopic (exact) mass is 408 g/mol. The van der Waals surface area contributed by atoms with E-state index in [0.717, 1.165) is 33.9 Å². The Morgan fingerprint density at radius 1 is 1.20 bits per heavy atom. The molecule has 2 aliphatic rings. The fourth-order valence-electron chi connectivity index (χ4n) is 3.85. The smallest absolute Gasteiger partial charge is 0.261 e. The number of nitrogens with zero attached hydrogens (tertiary/aromatic N) is 1. The minimum Gasteiger partial charge on any atom is -0.494 e. The lowest BCUT2D eigenvalue weighted by Gasteiger charge is -2.15. The number of carbonyl (C=O) groups excluding carboxylic acids is 3. The van der Waals surface area contributed by atoms with E-state index in [4.69, 9.17) is 9.47 Å². The summed E-state index contributed by atoms with van der Waals surface area (Å²) in [6, 6.07) is 10.6. The van der Waals surface area contributed by atoms with Crippen LogP contribution in [0.1, 0.15) is 52.1 Å². The van der Waals surface area contributed by atoms with Crippen molar-refractivity contribution in [2.45, 2.75) is 39.3 Å². The highest BCUT2D eigenvalue weighted by molar-refractivity contribution is 6.21. The average molecular weight is 408 g/mol. The van der Waals surface area contributed by atoms with E-state index in [1.165, 1.54) is 0 Å². The number of benzene rings is 2. The molecule has 2 heterocycles. The maximum atomic E-state index is 12.4. The molecule has 2 aromatic carbocycles. The highest BCUT2D eigenvalue weighted by Crippen LogP contribution is 2.35. The number of rotatable bonds is 7. The molecule has 0 bridgehead atoms. The second kappa shape index (κ2) is 8.18. The number of nitrogens with one attached hydrogen (secondary N) is 1. The van der Waals surface area contributed by atoms with E-state index in [1.54, 1.807) is 24.3 Å². The van der Waals surface area contributed by atoms with Gasteiger partial charge in [0.25, 0.3) is 11.8 Å². The maximum absolute atomic E-state index is 12.4. The molecular weight excluding hydrogens is 384 g/mol. The van der Waals surface area contributed by atoms with Crippen LogP contribution in [0.4, 0.5) is 0 Å². The fraction of sp³-hybridized carbons (Fsp3) is 0.348. The molecule has 3 amide bonds. The molecule has 0 radical (unpaired) electrons. The molecular formula is C23H24N2O5. The Balaban J connectivity index is 1.36. The van der Waals surface area contributed by atoms with E-state index in [1.807, 2.05) is 26.0 Å². The minimum absolute atomic E-state index is 0.0356. The summed E-state index contributed by atoms with van der Waals surface area (Å²) in [5, 5.41) is 2.85. The van der Waals surface area contributed by atoms with Gasteiger partial charge in [0.1, 0.15) is 17.6 Å². The van der Waals surface area contributed by atoms with E-state index < -0.39 is 0 Å². The van der Waals surface area contributed by atoms with E-state index in [0.29, 0.717) is 17.7 Å². The molecule has 7 heteroatoms. The van der Waals surface area contributed by atoms with E-state index in [2.05, 4.69) is 5.32 Å². The van der Waals surface area contributed by atoms with Gasteiger partial charge in [-0.25, -0.2) is 0 Å². The van der Waals surface area contributed by atoms with Crippen molar-refractivity contribution in [1.29, 1.82) is 0 Å². The number of imide groups is 1. The summed E-state index contributed by atoms with van der Waals surface area (Å²) in [5.41, 5.74) is 2.71. The van der Waals surface area contributed by atoms with Gasteiger partial charge < -0.3 is 14.8 Å². The number of hydrogen-bond donors (Lipinski definition) is 1. The van der Waals surface area contributed by atoms with Crippen LogP contribution in [0.15, 0.2) is 36.4 Å². The van der Waals surface area contributed by atoms with Gasteiger partial charge >= 0.3 is 0 Å². The molecule has 0 fully saturated rings. The highest BCUT2D eigenvalue weighted by Gasteiger charge is 2.35. The third-order valence-corrected chi connectivity index (χ3v) is 5.30. The van der Waals surface area contributed by atoms with Crippen LogP contribution in [0.3, 0.4) is 0 Å². The third-order valence-electron chi connectivity index (χ3n) is 5.30. The normalized spacial score (nSPS) is 16.9. The molecule has 156 valence electrons. The van der Waals surface area contributed by atoms with Crippen LogP contribution < -0.4 is 14.8 Å². The lowest BCUT2D eigenvalue weighted by Crippen LogP contribution is -2.34. The van der Waals surface area contributed by atoms with Crippen molar-refractivity contribution in [3.05, 3.63) is 58.7 Å². The molecule has 4 rings (SSSR count). The third kappa shape index (κ3) is 3.75. The van der Waals surface area contributed by atoms with Crippen LogP contribution in [0, 0.1) is 0 Å². The van der Waals surface area contributed by atoms with Crippen LogP contribution in [-0.4, -0.2) is 41.9 Å². The van der Waals surface area contributed by atoms with Crippen molar-refractivity contribution in [1.82, 2.24) is 10.2 Å². The highest BCUT2D eigenvalue weighted by atomic mass is 16.5. The quantitative estimate of drug-likeness (QED) is 0.712. The summed E-state index contributed by atoms with van der Waals surface area (Å²) in [6.07, 6.45) is 0.995. The fourth-order valence-corrected chi connectivity index (χ4v) is 3.85. The van der Waals surface area contributed by atoms with Gasteiger partial charge in [-0.1, -0.05) is 12.1 Å². The Kier molecular flexibility index (Phi) is 5.44. The topological polar surface area (TPSA) is 84.9 Å². The lowest BCUT2D eigenvalue weighted by molar-refractivity contribution is -0.121. The molecule has 7 nitrogen and oxygen atoms in total. The van der Waals surface area contributed by atoms with Gasteiger partial charge in [0.15, 0.2) is 0 Å². The molecule has 0 aromatic heterocycles. The molecule has 30 heavy (non-hydrogen) atoms. The first-order valence-corrected chi connectivity index (χ1v) is 10.1. The van der Waals surface area contributed by atoms with Gasteiger partial charge in [0.05, 0.1) is 17.7 Å². The van der Waals surface area contributed by atoms with Crippen LogP contribution in [0.2, 0.25) is 0 Å². The number of fused-ring (bicyclic) bond motifs is 2. The van der Waals surface area contributed by atoms with Crippen LogP contribution in [0.5, 0.6) is 11.5 Å². The predicted octanol–water partition coefficient (Wildman–Crippen LogP) is 2.71. The molecule has 0 unspecified atom stereocenters. The van der Waals surface area contributed by atoms with Gasteiger partial charge in [0, 0.05) is 37.1 Å². The zero-order valence-electron chi connectivity index (χ0n) is 17.1. The molecule has 0 saturated heterocycles. The van der Waals surface area contributed by atoms with Gasteiger partial charge in [-0.05, 0) is 38.1 Å². The lowest BCUT2D eigenvalue weighted by atomic mass is 10.1. The van der Waals surface area contributed by atoms with Gasteiger partial charge in [0.2, 0.25) is 5.91 Å². The van der Waals surface area contributed by atoms with Crippen LogP contribution in [-0.2, 0) is 17.8 Å². The molecule has 2 aliphatic heterocycles. The summed E-state index contributed by atoms with van der Waals surface area (Å²) >= 11 is 0. The van der Waals surface area contributed by atoms with Crippen LogP contribution in [0.25, 0.3) is 0 Å². The summed E-state index contributed by atoms with van der Waals surface area (Å²) in [5.74, 6) is 0.596. The van der Waals surface area contributed by atoms with Crippen molar-refractivity contribution in [3.63, 3.8) is 0 Å². The molecule has 0 spiro atoms. The van der Waals surface area contributed by atoms with Gasteiger partial charge in [-0.15, -0.1) is 0 Å². The Bertz CT molecular complexity index is 982. The molecule has 0 aliphatic carbocycles. The second-order valence-corrected chi connectivity index (χ2v) is 7.47. The summed E-state index contributed by atoms with van der Waals surface area (Å²) < 4.78 is 11.5. The van der Waals surface area contributed by atoms with Crippen molar-refractivity contribution in [2.24, 2.45) is 0 Å². The average Bonchev–Trinajstić information content (AvgIpc) is 3.21. The van der Waals surface area contributed by atoms with E-state index in [9.17, 15) is 14.4 Å². The summed E-state index contributed by atoms with van der Waals surface area (Å²) in [7, 11) is 0. The Morgan fingerprint density at radius 3 is 2.57 bits per heavy atom. The summed E-state index contributed by atoms with van der Waals surface area (Å²) in [4.78, 5) is 38.3. The molecule has 2 aromatic rings. The predicted molar refractivity (Wildman–Crippen MR) is 110 cm³/mol. The van der Waals surface area contributed by atoms with Crippen molar-refractivity contribution in [3.8, 4) is 11.5 Å². The largest absolute Gasteiger partial charge is 0.494 e. The minimum atomic E-state index is -0.355. The molecule has 0 saturated carbocycles. The Hall–Kier alpha value is -3.35. The number of hydrogen-bond acceptors (Lipinski definition) is 5. The van der Waals surface area contributed by atoms with Crippen LogP contribution >= 0.6 is 0 Å². The number of carbonyl (C=O) groups is 3. The summed E-state index contributed by atoms with van der Waals surface area (Å²) in [6.45, 7) is 4.77. The first kappa shape index (κ1) is 19.9. The van der Waals surface area contributed by atoms with E-state index in [-0.39, 0.29) is 43.3 Å². The van der Waals surface area contributed by atoms with Crippen molar-refractivity contribution >= 4 is 17.7 Å². The number of ether oxygens (including phenoxy) is 2. The second-order valence-electron chi connectivity index (χ2n) is 7.47. The first-order valence-electron chi connectivity index (χ1n) is 10.1. The van der Waals surface area contributed by atoms with Crippen molar-refractivity contribution < 1.29 is 23.9 Å². The van der Waals surface area contributed by atoms with E-state index >= 15 is 0 Å². The standard InChI is InChI=1S/C23H24N2O5/c1-3-29-19-11-15-10-14(2)30-20(15)12-16(19)13-24-21(26)8-9-25-22(27)17-6-4-5-7-18(17)23(25)28/h4-7,11-12,14H,3,8-10,13H2,1-2H3,(H,24,26)/t14-/m0/s1. The first-order chi connectivity index (χ1) is 14.5. The zero-order chi connectivity index (χ0) is 21.3. The SMILES string of the molecule is CCOc1cc2c(cc1CNC(=O)CCN1C(=O)c3ccccc3C1=O)O[C@@H](C)C2.